The van der Waals surface area contributed by atoms with E-state index in [2.05, 4.69) is 40.9 Å². The number of anilines is 1. The number of benzene rings is 2. The number of nitrogen functional groups attached to an aromatic ring is 1. The minimum absolute atomic E-state index is 0.442. The molecule has 0 saturated heterocycles. The number of nitrogens with zero attached hydrogens (tertiary/aromatic N) is 1. The maximum absolute atomic E-state index is 8.93. The number of unbranched alkanes of at least 4 members (excludes halogenated alkanes) is 1. The van der Waals surface area contributed by atoms with Crippen LogP contribution in [-0.2, 0) is 6.42 Å². The maximum atomic E-state index is 8.93. The lowest BCUT2D eigenvalue weighted by atomic mass is 10.0. The Kier molecular flexibility index (Phi) is 7.57. The number of rotatable bonds is 5. The summed E-state index contributed by atoms with van der Waals surface area (Å²) in [5, 5.41) is 3.42. The van der Waals surface area contributed by atoms with E-state index in [1.165, 1.54) is 29.5 Å². The molecule has 0 amide bonds. The standard InChI is InChI=1S/C16H18OS.C4H6N2O/c1-2-3-4-13-5-7-14(8-6-13)15-9-11-16(18-17)12-10-15;1-3-2-4(5)6-7-3/h5-12,17H,2-4H2,1H3;2H,1H3,(H2,5,6). The van der Waals surface area contributed by atoms with Crippen LogP contribution in [0.4, 0.5) is 5.82 Å². The van der Waals surface area contributed by atoms with E-state index in [9.17, 15) is 0 Å². The molecule has 5 heteroatoms. The largest absolute Gasteiger partial charge is 0.381 e. The molecule has 0 bridgehead atoms. The van der Waals surface area contributed by atoms with Crippen LogP contribution in [-0.4, -0.2) is 9.71 Å². The molecular formula is C20H24N2O2S. The van der Waals surface area contributed by atoms with Crippen LogP contribution in [0.1, 0.15) is 31.1 Å². The molecule has 0 radical (unpaired) electrons. The van der Waals surface area contributed by atoms with Gasteiger partial charge in [-0.25, -0.2) is 0 Å². The lowest BCUT2D eigenvalue weighted by Gasteiger charge is -2.05. The first-order chi connectivity index (χ1) is 12.1. The monoisotopic (exact) mass is 356 g/mol. The minimum Gasteiger partial charge on any atom is -0.381 e. The number of nitrogens with two attached hydrogens (primary N) is 1. The first-order valence-electron chi connectivity index (χ1n) is 8.32. The van der Waals surface area contributed by atoms with Crippen molar-refractivity contribution in [2.45, 2.75) is 38.0 Å². The summed E-state index contributed by atoms with van der Waals surface area (Å²) in [4.78, 5) is 0.873. The Hall–Kier alpha value is -2.24. The van der Waals surface area contributed by atoms with Crippen molar-refractivity contribution in [3.63, 3.8) is 0 Å². The van der Waals surface area contributed by atoms with Gasteiger partial charge in [0.2, 0.25) is 0 Å². The fourth-order valence-corrected chi connectivity index (χ4v) is 2.60. The zero-order chi connectivity index (χ0) is 18.1. The molecule has 132 valence electrons. The number of hydrogen-bond acceptors (Lipinski definition) is 5. The summed E-state index contributed by atoms with van der Waals surface area (Å²) in [5.41, 5.74) is 9.00. The zero-order valence-corrected chi connectivity index (χ0v) is 15.4. The van der Waals surface area contributed by atoms with E-state index in [-0.39, 0.29) is 0 Å². The molecule has 3 N–H and O–H groups in total. The molecule has 4 nitrogen and oxygen atoms in total. The molecule has 0 fully saturated rings. The summed E-state index contributed by atoms with van der Waals surface area (Å²) < 4.78 is 13.5. The summed E-state index contributed by atoms with van der Waals surface area (Å²) in [7, 11) is 0. The van der Waals surface area contributed by atoms with Crippen LogP contribution in [0.15, 0.2) is 64.0 Å². The Balaban J connectivity index is 0.000000269. The fourth-order valence-electron chi connectivity index (χ4n) is 2.34. The van der Waals surface area contributed by atoms with Gasteiger partial charge < -0.3 is 14.8 Å². The van der Waals surface area contributed by atoms with Crippen LogP contribution in [0.5, 0.6) is 0 Å². The fraction of sp³-hybridized carbons (Fsp3) is 0.250. The third-order valence-corrected chi connectivity index (χ3v) is 4.20. The number of hydrogen-bond donors (Lipinski definition) is 2. The zero-order valence-electron chi connectivity index (χ0n) is 14.6. The van der Waals surface area contributed by atoms with Crippen molar-refractivity contribution in [3.8, 4) is 11.1 Å². The molecule has 3 rings (SSSR count). The minimum atomic E-state index is 0.442. The topological polar surface area (TPSA) is 72.3 Å². The molecule has 0 atom stereocenters. The third kappa shape index (κ3) is 6.29. The molecule has 0 aliphatic rings. The highest BCUT2D eigenvalue weighted by Gasteiger charge is 1.99. The van der Waals surface area contributed by atoms with E-state index in [4.69, 9.17) is 10.3 Å². The van der Waals surface area contributed by atoms with Gasteiger partial charge in [0.05, 0.1) is 0 Å². The van der Waals surface area contributed by atoms with Gasteiger partial charge in [0.1, 0.15) is 5.76 Å². The summed E-state index contributed by atoms with van der Waals surface area (Å²) in [6.07, 6.45) is 3.65. The second kappa shape index (κ2) is 9.91. The molecule has 0 spiro atoms. The highest BCUT2D eigenvalue weighted by atomic mass is 32.2. The number of aryl methyl sites for hydroxylation is 2. The highest BCUT2D eigenvalue weighted by molar-refractivity contribution is 7.93. The molecule has 2 aromatic carbocycles. The lowest BCUT2D eigenvalue weighted by Crippen LogP contribution is -1.85. The Bertz CT molecular complexity index is 736. The molecule has 1 heterocycles. The molecule has 3 aromatic rings. The molecule has 1 aromatic heterocycles. The van der Waals surface area contributed by atoms with Crippen LogP contribution >= 0.6 is 12.0 Å². The lowest BCUT2D eigenvalue weighted by molar-refractivity contribution is 0.400. The van der Waals surface area contributed by atoms with Gasteiger partial charge in [-0.3, -0.25) is 0 Å². The van der Waals surface area contributed by atoms with Gasteiger partial charge in [-0.2, -0.15) is 0 Å². The maximum Gasteiger partial charge on any atom is 0.167 e. The molecule has 0 aliphatic carbocycles. The first kappa shape index (κ1) is 19.1. The van der Waals surface area contributed by atoms with Crippen LogP contribution in [0, 0.1) is 6.92 Å². The average molecular weight is 356 g/mol. The van der Waals surface area contributed by atoms with E-state index >= 15 is 0 Å². The molecule has 0 unspecified atom stereocenters. The average Bonchev–Trinajstić information content (AvgIpc) is 3.04. The van der Waals surface area contributed by atoms with Gasteiger partial charge in [-0.1, -0.05) is 54.9 Å². The smallest absolute Gasteiger partial charge is 0.167 e. The summed E-state index contributed by atoms with van der Waals surface area (Å²) in [5.74, 6) is 1.19. The van der Waals surface area contributed by atoms with Gasteiger partial charge in [-0.15, -0.1) is 0 Å². The Morgan fingerprint density at radius 1 is 1.04 bits per heavy atom. The third-order valence-electron chi connectivity index (χ3n) is 3.71. The van der Waals surface area contributed by atoms with Gasteiger partial charge in [0.25, 0.3) is 0 Å². The van der Waals surface area contributed by atoms with Crippen LogP contribution in [0.3, 0.4) is 0 Å². The second-order valence-electron chi connectivity index (χ2n) is 5.78. The van der Waals surface area contributed by atoms with Crippen molar-refractivity contribution < 1.29 is 9.08 Å². The number of aromatic nitrogens is 1. The second-order valence-corrected chi connectivity index (χ2v) is 6.43. The first-order valence-corrected chi connectivity index (χ1v) is 9.09. The van der Waals surface area contributed by atoms with E-state index in [0.29, 0.717) is 5.82 Å². The van der Waals surface area contributed by atoms with Crippen molar-refractivity contribution in [2.24, 2.45) is 0 Å². The normalized spacial score (nSPS) is 10.2. The van der Waals surface area contributed by atoms with Crippen LogP contribution in [0.25, 0.3) is 11.1 Å². The Morgan fingerprint density at radius 3 is 2.04 bits per heavy atom. The predicted molar refractivity (Wildman–Crippen MR) is 105 cm³/mol. The van der Waals surface area contributed by atoms with E-state index in [1.54, 1.807) is 13.0 Å². The van der Waals surface area contributed by atoms with E-state index in [0.717, 1.165) is 29.1 Å². The molecule has 0 aliphatic heterocycles. The molecule has 25 heavy (non-hydrogen) atoms. The van der Waals surface area contributed by atoms with Gasteiger partial charge in [0, 0.05) is 23.0 Å². The SMILES string of the molecule is CCCCc1ccc(-c2ccc(SO)cc2)cc1.Cc1cc(N)no1. The summed E-state index contributed by atoms with van der Waals surface area (Å²) in [6.45, 7) is 4.01. The quantitative estimate of drug-likeness (QED) is 0.563. The van der Waals surface area contributed by atoms with E-state index < -0.39 is 0 Å². The highest BCUT2D eigenvalue weighted by Crippen LogP contribution is 2.23. The van der Waals surface area contributed by atoms with Crippen molar-refractivity contribution in [3.05, 3.63) is 65.9 Å². The van der Waals surface area contributed by atoms with Gasteiger partial charge in [-0.05, 0) is 48.6 Å². The van der Waals surface area contributed by atoms with Gasteiger partial charge >= 0.3 is 0 Å². The van der Waals surface area contributed by atoms with Crippen molar-refractivity contribution in [1.29, 1.82) is 0 Å². The van der Waals surface area contributed by atoms with Crippen molar-refractivity contribution >= 4 is 17.9 Å². The Morgan fingerprint density at radius 2 is 1.64 bits per heavy atom. The predicted octanol–water partition coefficient (Wildman–Crippen LogP) is 5.83. The van der Waals surface area contributed by atoms with Crippen molar-refractivity contribution in [1.82, 2.24) is 5.16 Å². The Labute approximate surface area is 153 Å². The summed E-state index contributed by atoms with van der Waals surface area (Å²) in [6, 6.07) is 18.4. The van der Waals surface area contributed by atoms with Crippen LogP contribution in [0.2, 0.25) is 0 Å². The van der Waals surface area contributed by atoms with E-state index in [1.807, 2.05) is 24.3 Å². The van der Waals surface area contributed by atoms with Crippen molar-refractivity contribution in [2.75, 3.05) is 5.73 Å². The van der Waals surface area contributed by atoms with Crippen LogP contribution < -0.4 is 5.73 Å². The molecular weight excluding hydrogens is 332 g/mol. The summed E-state index contributed by atoms with van der Waals surface area (Å²) >= 11 is 0.784. The molecule has 0 saturated carbocycles. The van der Waals surface area contributed by atoms with Gasteiger partial charge in [0.15, 0.2) is 5.82 Å².